The lowest BCUT2D eigenvalue weighted by Gasteiger charge is -2.22. The van der Waals surface area contributed by atoms with Gasteiger partial charge in [0.1, 0.15) is 0 Å². The molecule has 0 saturated carbocycles. The van der Waals surface area contributed by atoms with E-state index in [1.165, 1.54) is 6.26 Å². The van der Waals surface area contributed by atoms with Crippen molar-refractivity contribution in [2.75, 3.05) is 4.90 Å². The highest BCUT2D eigenvalue weighted by atomic mass is 16.3. The quantitative estimate of drug-likeness (QED) is 0.432. The van der Waals surface area contributed by atoms with E-state index in [1.54, 1.807) is 29.4 Å². The van der Waals surface area contributed by atoms with Crippen molar-refractivity contribution >= 4 is 17.5 Å². The standard InChI is InChI=1S/C27H25N3O3/c1-20-5-2-6-22(15-20)19-30(27(32)25-8-4-14-33-25)24-11-9-21(10-12-24)16-26(31)29-18-23-7-3-13-28-17-23/h2-15,17H,16,18-19H2,1H3,(H,29,31). The van der Waals surface area contributed by atoms with Crippen LogP contribution in [0.1, 0.15) is 32.8 Å². The molecular formula is C27H25N3O3. The fraction of sp³-hybridized carbons (Fsp3) is 0.148. The van der Waals surface area contributed by atoms with E-state index >= 15 is 0 Å². The minimum Gasteiger partial charge on any atom is -0.459 e. The van der Waals surface area contributed by atoms with Gasteiger partial charge in [0, 0.05) is 24.6 Å². The van der Waals surface area contributed by atoms with E-state index in [9.17, 15) is 9.59 Å². The summed E-state index contributed by atoms with van der Waals surface area (Å²) in [5, 5.41) is 2.90. The Kier molecular flexibility index (Phi) is 6.95. The van der Waals surface area contributed by atoms with Crippen molar-refractivity contribution in [3.63, 3.8) is 0 Å². The van der Waals surface area contributed by atoms with Crippen molar-refractivity contribution in [2.45, 2.75) is 26.4 Å². The number of benzene rings is 2. The number of rotatable bonds is 8. The first-order valence-electron chi connectivity index (χ1n) is 10.7. The van der Waals surface area contributed by atoms with Gasteiger partial charge in [0.15, 0.2) is 5.76 Å². The van der Waals surface area contributed by atoms with Gasteiger partial charge in [-0.1, -0.05) is 48.0 Å². The lowest BCUT2D eigenvalue weighted by molar-refractivity contribution is -0.120. The number of hydrogen-bond acceptors (Lipinski definition) is 4. The summed E-state index contributed by atoms with van der Waals surface area (Å²) in [6.45, 7) is 2.87. The van der Waals surface area contributed by atoms with Gasteiger partial charge in [0.25, 0.3) is 5.91 Å². The fourth-order valence-corrected chi connectivity index (χ4v) is 3.55. The van der Waals surface area contributed by atoms with E-state index in [2.05, 4.69) is 16.4 Å². The Morgan fingerprint density at radius 1 is 0.939 bits per heavy atom. The molecule has 0 fully saturated rings. The number of carbonyl (C=O) groups is 2. The van der Waals surface area contributed by atoms with E-state index in [0.717, 1.165) is 27.9 Å². The van der Waals surface area contributed by atoms with E-state index in [1.807, 2.05) is 61.5 Å². The van der Waals surface area contributed by atoms with Gasteiger partial charge in [-0.2, -0.15) is 0 Å². The van der Waals surface area contributed by atoms with Gasteiger partial charge in [-0.3, -0.25) is 14.6 Å². The van der Waals surface area contributed by atoms with Crippen LogP contribution in [0.25, 0.3) is 0 Å². The smallest absolute Gasteiger partial charge is 0.294 e. The first kappa shape index (κ1) is 22.0. The summed E-state index contributed by atoms with van der Waals surface area (Å²) in [4.78, 5) is 31.2. The largest absolute Gasteiger partial charge is 0.459 e. The van der Waals surface area contributed by atoms with Crippen LogP contribution in [0.3, 0.4) is 0 Å². The molecule has 6 heteroatoms. The van der Waals surface area contributed by atoms with Crippen LogP contribution in [-0.2, 0) is 24.3 Å². The number of hydrogen-bond donors (Lipinski definition) is 1. The molecular weight excluding hydrogens is 414 g/mol. The molecule has 33 heavy (non-hydrogen) atoms. The predicted molar refractivity (Wildman–Crippen MR) is 127 cm³/mol. The zero-order valence-corrected chi connectivity index (χ0v) is 18.4. The van der Waals surface area contributed by atoms with E-state index in [0.29, 0.717) is 13.1 Å². The number of pyridine rings is 1. The van der Waals surface area contributed by atoms with E-state index in [4.69, 9.17) is 4.42 Å². The average molecular weight is 440 g/mol. The summed E-state index contributed by atoms with van der Waals surface area (Å²) in [6, 6.07) is 22.6. The molecule has 2 amide bonds. The Balaban J connectivity index is 1.46. The zero-order valence-electron chi connectivity index (χ0n) is 18.4. The number of aryl methyl sites for hydroxylation is 1. The van der Waals surface area contributed by atoms with Gasteiger partial charge in [0.2, 0.25) is 5.91 Å². The van der Waals surface area contributed by atoms with Crippen LogP contribution in [0.15, 0.2) is 95.9 Å². The van der Waals surface area contributed by atoms with Crippen LogP contribution in [0.2, 0.25) is 0 Å². The molecule has 6 nitrogen and oxygen atoms in total. The van der Waals surface area contributed by atoms with Crippen molar-refractivity contribution in [3.8, 4) is 0 Å². The first-order chi connectivity index (χ1) is 16.1. The highest BCUT2D eigenvalue weighted by Gasteiger charge is 2.20. The number of anilines is 1. The van der Waals surface area contributed by atoms with Gasteiger partial charge >= 0.3 is 0 Å². The number of carbonyl (C=O) groups excluding carboxylic acids is 2. The van der Waals surface area contributed by atoms with Gasteiger partial charge in [0.05, 0.1) is 19.2 Å². The second kappa shape index (κ2) is 10.4. The van der Waals surface area contributed by atoms with Crippen LogP contribution in [0, 0.1) is 6.92 Å². The maximum absolute atomic E-state index is 13.1. The van der Waals surface area contributed by atoms with Gasteiger partial charge in [-0.15, -0.1) is 0 Å². The van der Waals surface area contributed by atoms with Crippen LogP contribution < -0.4 is 10.2 Å². The molecule has 2 heterocycles. The van der Waals surface area contributed by atoms with Crippen molar-refractivity contribution in [3.05, 3.63) is 119 Å². The third-order valence-corrected chi connectivity index (χ3v) is 5.23. The lowest BCUT2D eigenvalue weighted by Crippen LogP contribution is -2.30. The molecule has 0 spiro atoms. The summed E-state index contributed by atoms with van der Waals surface area (Å²) in [5.41, 5.74) is 4.70. The molecule has 0 aliphatic heterocycles. The normalized spacial score (nSPS) is 10.6. The van der Waals surface area contributed by atoms with Crippen molar-refractivity contribution < 1.29 is 14.0 Å². The molecule has 1 N–H and O–H groups in total. The van der Waals surface area contributed by atoms with Crippen molar-refractivity contribution in [2.24, 2.45) is 0 Å². The number of nitrogens with one attached hydrogen (secondary N) is 1. The Hall–Kier alpha value is -4.19. The lowest BCUT2D eigenvalue weighted by atomic mass is 10.1. The van der Waals surface area contributed by atoms with Crippen molar-refractivity contribution in [1.29, 1.82) is 0 Å². The highest BCUT2D eigenvalue weighted by Crippen LogP contribution is 2.22. The predicted octanol–water partition coefficient (Wildman–Crippen LogP) is 4.69. The molecule has 166 valence electrons. The summed E-state index contributed by atoms with van der Waals surface area (Å²) >= 11 is 0. The topological polar surface area (TPSA) is 75.4 Å². The number of aromatic nitrogens is 1. The fourth-order valence-electron chi connectivity index (χ4n) is 3.55. The van der Waals surface area contributed by atoms with Crippen LogP contribution in [0.5, 0.6) is 0 Å². The second-order valence-electron chi connectivity index (χ2n) is 7.84. The highest BCUT2D eigenvalue weighted by molar-refractivity contribution is 6.04. The zero-order chi connectivity index (χ0) is 23.0. The molecule has 0 aliphatic rings. The molecule has 0 radical (unpaired) electrons. The van der Waals surface area contributed by atoms with Crippen LogP contribution >= 0.6 is 0 Å². The molecule has 0 unspecified atom stereocenters. The number of nitrogens with zero attached hydrogens (tertiary/aromatic N) is 2. The molecule has 0 bridgehead atoms. The number of furan rings is 1. The van der Waals surface area contributed by atoms with Crippen LogP contribution in [0.4, 0.5) is 5.69 Å². The molecule has 4 aromatic rings. The SMILES string of the molecule is Cc1cccc(CN(C(=O)c2ccco2)c2ccc(CC(=O)NCc3cccnc3)cc2)c1. The summed E-state index contributed by atoms with van der Waals surface area (Å²) < 4.78 is 5.35. The Labute approximate surface area is 192 Å². The van der Waals surface area contributed by atoms with Crippen LogP contribution in [-0.4, -0.2) is 16.8 Å². The summed E-state index contributed by atoms with van der Waals surface area (Å²) in [6.07, 6.45) is 5.18. The molecule has 2 aromatic heterocycles. The van der Waals surface area contributed by atoms with Gasteiger partial charge in [-0.25, -0.2) is 0 Å². The summed E-state index contributed by atoms with van der Waals surface area (Å²) in [7, 11) is 0. The third-order valence-electron chi connectivity index (χ3n) is 5.23. The monoisotopic (exact) mass is 439 g/mol. The van der Waals surface area contributed by atoms with E-state index in [-0.39, 0.29) is 24.0 Å². The third kappa shape index (κ3) is 5.95. The first-order valence-corrected chi connectivity index (χ1v) is 10.7. The molecule has 4 rings (SSSR count). The minimum absolute atomic E-state index is 0.0742. The van der Waals surface area contributed by atoms with Gasteiger partial charge < -0.3 is 14.6 Å². The maximum atomic E-state index is 13.1. The Bertz CT molecular complexity index is 1200. The van der Waals surface area contributed by atoms with Crippen molar-refractivity contribution in [1.82, 2.24) is 10.3 Å². The Morgan fingerprint density at radius 3 is 2.45 bits per heavy atom. The minimum atomic E-state index is -0.219. The maximum Gasteiger partial charge on any atom is 0.294 e. The van der Waals surface area contributed by atoms with E-state index < -0.39 is 0 Å². The molecule has 2 aromatic carbocycles. The molecule has 0 atom stereocenters. The summed E-state index contributed by atoms with van der Waals surface area (Å²) in [5.74, 6) is -0.0140. The molecule has 0 saturated heterocycles. The van der Waals surface area contributed by atoms with Gasteiger partial charge in [-0.05, 0) is 53.9 Å². The average Bonchev–Trinajstić information content (AvgIpc) is 3.37. The Morgan fingerprint density at radius 2 is 1.76 bits per heavy atom. The number of amides is 2. The second-order valence-corrected chi connectivity index (χ2v) is 7.84. The molecule has 0 aliphatic carbocycles.